The van der Waals surface area contributed by atoms with Gasteiger partial charge in [0.25, 0.3) is 5.91 Å². The molecule has 0 aromatic heterocycles. The maximum atomic E-state index is 12.7. The van der Waals surface area contributed by atoms with Crippen molar-refractivity contribution >= 4 is 33.3 Å². The highest BCUT2D eigenvalue weighted by atomic mass is 79.9. The molecule has 2 aromatic rings. The maximum absolute atomic E-state index is 12.7. The first-order valence-corrected chi connectivity index (χ1v) is 7.57. The Labute approximate surface area is 131 Å². The van der Waals surface area contributed by atoms with Crippen LogP contribution in [0.2, 0.25) is 0 Å². The number of ketones is 1. The van der Waals surface area contributed by atoms with E-state index in [4.69, 9.17) is 0 Å². The van der Waals surface area contributed by atoms with E-state index in [1.54, 1.807) is 11.0 Å². The summed E-state index contributed by atoms with van der Waals surface area (Å²) in [6, 6.07) is 12.8. The molecule has 106 valence electrons. The van der Waals surface area contributed by atoms with Crippen LogP contribution in [0.15, 0.2) is 46.9 Å². The van der Waals surface area contributed by atoms with Gasteiger partial charge >= 0.3 is 0 Å². The summed E-state index contributed by atoms with van der Waals surface area (Å²) < 4.78 is 0.912. The molecule has 21 heavy (non-hydrogen) atoms. The van der Waals surface area contributed by atoms with Gasteiger partial charge in [0.2, 0.25) is 0 Å². The van der Waals surface area contributed by atoms with Gasteiger partial charge in [-0.05, 0) is 36.8 Å². The van der Waals surface area contributed by atoms with Gasteiger partial charge in [-0.1, -0.05) is 34.1 Å². The second-order valence-corrected chi connectivity index (χ2v) is 5.97. The Morgan fingerprint density at radius 1 is 1.19 bits per heavy atom. The molecule has 1 aliphatic heterocycles. The minimum Gasteiger partial charge on any atom is -0.307 e. The summed E-state index contributed by atoms with van der Waals surface area (Å²) in [6.07, 6.45) is 0.371. The molecule has 2 aromatic carbocycles. The van der Waals surface area contributed by atoms with Crippen LogP contribution in [0.4, 0.5) is 5.69 Å². The molecule has 3 nitrogen and oxygen atoms in total. The molecule has 0 N–H and O–H groups in total. The molecule has 0 aliphatic carbocycles. The molecule has 0 spiro atoms. The zero-order valence-corrected chi connectivity index (χ0v) is 13.2. The Hall–Kier alpha value is -1.94. The molecular weight excluding hydrogens is 330 g/mol. The monoisotopic (exact) mass is 343 g/mol. The zero-order valence-electron chi connectivity index (χ0n) is 11.6. The molecule has 1 heterocycles. The van der Waals surface area contributed by atoms with Gasteiger partial charge in [0.1, 0.15) is 0 Å². The first kappa shape index (κ1) is 14.0. The summed E-state index contributed by atoms with van der Waals surface area (Å²) >= 11 is 3.45. The number of aryl methyl sites for hydroxylation is 1. The van der Waals surface area contributed by atoms with Crippen molar-refractivity contribution in [3.05, 3.63) is 63.6 Å². The molecule has 0 atom stereocenters. The zero-order chi connectivity index (χ0) is 15.0. The Morgan fingerprint density at radius 3 is 2.71 bits per heavy atom. The quantitative estimate of drug-likeness (QED) is 0.784. The fourth-order valence-corrected chi connectivity index (χ4v) is 2.88. The highest BCUT2D eigenvalue weighted by molar-refractivity contribution is 9.10. The summed E-state index contributed by atoms with van der Waals surface area (Å²) in [5.41, 5.74) is 3.04. The lowest BCUT2D eigenvalue weighted by Crippen LogP contribution is -2.37. The van der Waals surface area contributed by atoms with Crippen molar-refractivity contribution in [3.63, 3.8) is 0 Å². The van der Waals surface area contributed by atoms with Crippen molar-refractivity contribution in [2.75, 3.05) is 11.4 Å². The molecule has 0 saturated heterocycles. The largest absolute Gasteiger partial charge is 0.307 e. The van der Waals surface area contributed by atoms with Crippen molar-refractivity contribution in [2.45, 2.75) is 13.3 Å². The van der Waals surface area contributed by atoms with Crippen molar-refractivity contribution < 1.29 is 9.59 Å². The van der Waals surface area contributed by atoms with Crippen LogP contribution in [-0.2, 0) is 0 Å². The summed E-state index contributed by atoms with van der Waals surface area (Å²) in [5.74, 6) is 0.0235. The molecule has 1 aliphatic rings. The van der Waals surface area contributed by atoms with Crippen LogP contribution in [0.25, 0.3) is 0 Å². The number of anilines is 1. The van der Waals surface area contributed by atoms with Gasteiger partial charge in [0, 0.05) is 28.6 Å². The second kappa shape index (κ2) is 5.45. The molecule has 3 rings (SSSR count). The smallest absolute Gasteiger partial charge is 0.258 e. The minimum absolute atomic E-state index is 0.0735. The van der Waals surface area contributed by atoms with E-state index < -0.39 is 0 Å². The van der Waals surface area contributed by atoms with Crippen LogP contribution in [-0.4, -0.2) is 18.2 Å². The first-order chi connectivity index (χ1) is 10.1. The van der Waals surface area contributed by atoms with Crippen molar-refractivity contribution in [1.29, 1.82) is 0 Å². The average Bonchev–Trinajstić information content (AvgIpc) is 2.50. The number of para-hydroxylation sites is 1. The molecule has 0 radical (unpaired) electrons. The predicted octanol–water partition coefficient (Wildman–Crippen LogP) is 3.99. The van der Waals surface area contributed by atoms with Crippen molar-refractivity contribution in [3.8, 4) is 0 Å². The number of rotatable bonds is 1. The van der Waals surface area contributed by atoms with E-state index in [2.05, 4.69) is 15.9 Å². The number of halogens is 1. The Kier molecular flexibility index (Phi) is 3.64. The van der Waals surface area contributed by atoms with Crippen LogP contribution in [0.1, 0.15) is 32.7 Å². The standard InChI is InChI=1S/C17H14BrNO2/c1-11-6-7-12(10-14(11)18)17(21)19-9-8-16(20)13-4-2-3-5-15(13)19/h2-7,10H,8-9H2,1H3. The molecule has 4 heteroatoms. The Balaban J connectivity index is 2.01. The van der Waals surface area contributed by atoms with Gasteiger partial charge in [0.15, 0.2) is 5.78 Å². The van der Waals surface area contributed by atoms with Crippen molar-refractivity contribution in [2.24, 2.45) is 0 Å². The summed E-state index contributed by atoms with van der Waals surface area (Å²) in [5, 5.41) is 0. The number of hydrogen-bond donors (Lipinski definition) is 0. The van der Waals surface area contributed by atoms with Gasteiger partial charge in [0.05, 0.1) is 5.69 Å². The Morgan fingerprint density at radius 2 is 1.95 bits per heavy atom. The highest BCUT2D eigenvalue weighted by Gasteiger charge is 2.27. The molecule has 0 bridgehead atoms. The van der Waals surface area contributed by atoms with Gasteiger partial charge in [-0.25, -0.2) is 0 Å². The fourth-order valence-electron chi connectivity index (χ4n) is 2.51. The van der Waals surface area contributed by atoms with Crippen LogP contribution in [0, 0.1) is 6.92 Å². The minimum atomic E-state index is -0.0735. The van der Waals surface area contributed by atoms with Gasteiger partial charge in [-0.3, -0.25) is 9.59 Å². The number of amides is 1. The lowest BCUT2D eigenvalue weighted by molar-refractivity contribution is 0.0955. The predicted molar refractivity (Wildman–Crippen MR) is 85.9 cm³/mol. The van der Waals surface area contributed by atoms with Gasteiger partial charge in [-0.15, -0.1) is 0 Å². The normalized spacial score (nSPS) is 14.0. The Bertz CT molecular complexity index is 739. The number of fused-ring (bicyclic) bond motifs is 1. The van der Waals surface area contributed by atoms with Crippen LogP contribution in [0.3, 0.4) is 0 Å². The van der Waals surface area contributed by atoms with Crippen LogP contribution in [0.5, 0.6) is 0 Å². The lowest BCUT2D eigenvalue weighted by Gasteiger charge is -2.28. The number of carbonyl (C=O) groups excluding carboxylic acids is 2. The number of nitrogens with zero attached hydrogens (tertiary/aromatic N) is 1. The average molecular weight is 344 g/mol. The molecule has 1 amide bonds. The van der Waals surface area contributed by atoms with E-state index in [0.29, 0.717) is 29.8 Å². The molecule has 0 fully saturated rings. The van der Waals surface area contributed by atoms with E-state index >= 15 is 0 Å². The van der Waals surface area contributed by atoms with E-state index in [-0.39, 0.29) is 11.7 Å². The number of benzene rings is 2. The summed E-state index contributed by atoms with van der Waals surface area (Å²) in [4.78, 5) is 26.4. The molecular formula is C17H14BrNO2. The van der Waals surface area contributed by atoms with E-state index in [1.807, 2.05) is 43.3 Å². The van der Waals surface area contributed by atoms with Crippen LogP contribution >= 0.6 is 15.9 Å². The van der Waals surface area contributed by atoms with Gasteiger partial charge < -0.3 is 4.90 Å². The third-order valence-corrected chi connectivity index (χ3v) is 4.58. The fraction of sp³-hybridized carbons (Fsp3) is 0.176. The third-order valence-electron chi connectivity index (χ3n) is 3.72. The highest BCUT2D eigenvalue weighted by Crippen LogP contribution is 2.29. The summed E-state index contributed by atoms with van der Waals surface area (Å²) in [6.45, 7) is 2.41. The van der Waals surface area contributed by atoms with E-state index in [1.165, 1.54) is 0 Å². The number of carbonyl (C=O) groups is 2. The molecule has 0 unspecified atom stereocenters. The SMILES string of the molecule is Cc1ccc(C(=O)N2CCC(=O)c3ccccc32)cc1Br. The summed E-state index contributed by atoms with van der Waals surface area (Å²) in [7, 11) is 0. The van der Waals surface area contributed by atoms with Crippen LogP contribution < -0.4 is 4.90 Å². The van der Waals surface area contributed by atoms with E-state index in [0.717, 1.165) is 10.0 Å². The first-order valence-electron chi connectivity index (χ1n) is 6.78. The van der Waals surface area contributed by atoms with Crippen molar-refractivity contribution in [1.82, 2.24) is 0 Å². The van der Waals surface area contributed by atoms with Gasteiger partial charge in [-0.2, -0.15) is 0 Å². The molecule has 0 saturated carbocycles. The lowest BCUT2D eigenvalue weighted by atomic mass is 9.99. The maximum Gasteiger partial charge on any atom is 0.258 e. The number of hydrogen-bond acceptors (Lipinski definition) is 2. The van der Waals surface area contributed by atoms with E-state index in [9.17, 15) is 9.59 Å². The number of Topliss-reactive ketones (excluding diaryl/α,β-unsaturated/α-hetero) is 1. The second-order valence-electron chi connectivity index (χ2n) is 5.11. The third kappa shape index (κ3) is 2.51. The topological polar surface area (TPSA) is 37.4 Å².